The number of aryl methyl sites for hydroxylation is 1. The van der Waals surface area contributed by atoms with E-state index in [0.717, 1.165) is 6.42 Å². The van der Waals surface area contributed by atoms with Crippen molar-refractivity contribution in [3.8, 4) is 0 Å². The van der Waals surface area contributed by atoms with Crippen LogP contribution in [-0.4, -0.2) is 12.2 Å². The SMILES string of the molecule is CCc1ccc([C@@H](NC(=S)NC)C(C)C)cc1. The van der Waals surface area contributed by atoms with Gasteiger partial charge in [0.15, 0.2) is 5.11 Å². The number of thiocarbonyl (C=S) groups is 1. The van der Waals surface area contributed by atoms with Crippen LogP contribution in [0.2, 0.25) is 0 Å². The van der Waals surface area contributed by atoms with Crippen LogP contribution < -0.4 is 10.6 Å². The Morgan fingerprint density at radius 3 is 2.24 bits per heavy atom. The summed E-state index contributed by atoms with van der Waals surface area (Å²) in [6.45, 7) is 6.57. The molecule has 0 aliphatic carbocycles. The van der Waals surface area contributed by atoms with Crippen LogP contribution >= 0.6 is 12.2 Å². The first kappa shape index (κ1) is 14.0. The van der Waals surface area contributed by atoms with E-state index in [0.29, 0.717) is 11.0 Å². The van der Waals surface area contributed by atoms with Crippen LogP contribution in [0.3, 0.4) is 0 Å². The maximum atomic E-state index is 5.18. The Morgan fingerprint density at radius 1 is 1.24 bits per heavy atom. The molecular weight excluding hydrogens is 228 g/mol. The van der Waals surface area contributed by atoms with Crippen molar-refractivity contribution in [2.75, 3.05) is 7.05 Å². The van der Waals surface area contributed by atoms with Crippen molar-refractivity contribution in [1.82, 2.24) is 10.6 Å². The lowest BCUT2D eigenvalue weighted by Crippen LogP contribution is -2.37. The van der Waals surface area contributed by atoms with Crippen LogP contribution in [0.1, 0.15) is 37.9 Å². The maximum absolute atomic E-state index is 5.18. The molecule has 0 amide bonds. The molecule has 1 aromatic rings. The molecular formula is C14H22N2S. The Hall–Kier alpha value is -1.09. The van der Waals surface area contributed by atoms with E-state index in [-0.39, 0.29) is 6.04 Å². The van der Waals surface area contributed by atoms with Gasteiger partial charge in [0, 0.05) is 7.05 Å². The van der Waals surface area contributed by atoms with E-state index in [4.69, 9.17) is 12.2 Å². The summed E-state index contributed by atoms with van der Waals surface area (Å²) in [4.78, 5) is 0. The molecule has 0 radical (unpaired) electrons. The van der Waals surface area contributed by atoms with Gasteiger partial charge in [-0.2, -0.15) is 0 Å². The zero-order valence-electron chi connectivity index (χ0n) is 11.1. The van der Waals surface area contributed by atoms with Gasteiger partial charge in [0.25, 0.3) is 0 Å². The second-order valence-electron chi connectivity index (χ2n) is 4.54. The van der Waals surface area contributed by atoms with Gasteiger partial charge in [-0.25, -0.2) is 0 Å². The van der Waals surface area contributed by atoms with Gasteiger partial charge in [-0.1, -0.05) is 45.0 Å². The summed E-state index contributed by atoms with van der Waals surface area (Å²) in [7, 11) is 1.84. The fraction of sp³-hybridized carbons (Fsp3) is 0.500. The highest BCUT2D eigenvalue weighted by Crippen LogP contribution is 2.22. The van der Waals surface area contributed by atoms with E-state index < -0.39 is 0 Å². The molecule has 17 heavy (non-hydrogen) atoms. The van der Waals surface area contributed by atoms with Crippen LogP contribution in [0.25, 0.3) is 0 Å². The molecule has 0 spiro atoms. The third-order valence-corrected chi connectivity index (χ3v) is 3.25. The molecule has 0 aliphatic rings. The lowest BCUT2D eigenvalue weighted by molar-refractivity contribution is 0.470. The van der Waals surface area contributed by atoms with Crippen molar-refractivity contribution in [2.24, 2.45) is 5.92 Å². The van der Waals surface area contributed by atoms with E-state index in [2.05, 4.69) is 55.7 Å². The Morgan fingerprint density at radius 2 is 1.82 bits per heavy atom. The second-order valence-corrected chi connectivity index (χ2v) is 4.95. The third kappa shape index (κ3) is 4.00. The highest BCUT2D eigenvalue weighted by Gasteiger charge is 2.16. The fourth-order valence-electron chi connectivity index (χ4n) is 1.81. The van der Waals surface area contributed by atoms with Crippen LogP contribution in [0.5, 0.6) is 0 Å². The molecule has 0 heterocycles. The molecule has 0 saturated carbocycles. The highest BCUT2D eigenvalue weighted by atomic mass is 32.1. The van der Waals surface area contributed by atoms with Gasteiger partial charge >= 0.3 is 0 Å². The third-order valence-electron chi connectivity index (χ3n) is 2.93. The molecule has 3 heteroatoms. The first-order valence-electron chi connectivity index (χ1n) is 6.15. The average molecular weight is 250 g/mol. The Balaban J connectivity index is 2.85. The minimum absolute atomic E-state index is 0.265. The van der Waals surface area contributed by atoms with Gasteiger partial charge < -0.3 is 10.6 Å². The highest BCUT2D eigenvalue weighted by molar-refractivity contribution is 7.80. The Kier molecular flexibility index (Phi) is 5.42. The molecule has 1 atom stereocenters. The summed E-state index contributed by atoms with van der Waals surface area (Å²) in [5, 5.41) is 7.00. The lowest BCUT2D eigenvalue weighted by Gasteiger charge is -2.24. The van der Waals surface area contributed by atoms with E-state index in [9.17, 15) is 0 Å². The molecule has 0 fully saturated rings. The molecule has 2 N–H and O–H groups in total. The van der Waals surface area contributed by atoms with Crippen LogP contribution in [-0.2, 0) is 6.42 Å². The van der Waals surface area contributed by atoms with Crippen molar-refractivity contribution >= 4 is 17.3 Å². The summed E-state index contributed by atoms with van der Waals surface area (Å²) in [5.41, 5.74) is 2.65. The summed E-state index contributed by atoms with van der Waals surface area (Å²) in [6, 6.07) is 9.02. The first-order chi connectivity index (χ1) is 8.08. The minimum Gasteiger partial charge on any atom is -0.366 e. The van der Waals surface area contributed by atoms with Gasteiger partial charge in [-0.05, 0) is 35.7 Å². The van der Waals surface area contributed by atoms with Gasteiger partial charge in [0.05, 0.1) is 6.04 Å². The lowest BCUT2D eigenvalue weighted by atomic mass is 9.95. The van der Waals surface area contributed by atoms with Crippen molar-refractivity contribution < 1.29 is 0 Å². The molecule has 0 unspecified atom stereocenters. The maximum Gasteiger partial charge on any atom is 0.166 e. The number of hydrogen-bond acceptors (Lipinski definition) is 1. The quantitative estimate of drug-likeness (QED) is 0.803. The second kappa shape index (κ2) is 6.60. The van der Waals surface area contributed by atoms with Gasteiger partial charge in [0.2, 0.25) is 0 Å². The molecule has 2 nitrogen and oxygen atoms in total. The number of rotatable bonds is 4. The molecule has 0 bridgehead atoms. The van der Waals surface area contributed by atoms with Gasteiger partial charge in [-0.3, -0.25) is 0 Å². The Labute approximate surface area is 110 Å². The van der Waals surface area contributed by atoms with Crippen molar-refractivity contribution in [3.63, 3.8) is 0 Å². The number of benzene rings is 1. The van der Waals surface area contributed by atoms with Gasteiger partial charge in [0.1, 0.15) is 0 Å². The smallest absolute Gasteiger partial charge is 0.166 e. The average Bonchev–Trinajstić information content (AvgIpc) is 2.35. The molecule has 1 aromatic carbocycles. The zero-order chi connectivity index (χ0) is 12.8. The number of hydrogen-bond donors (Lipinski definition) is 2. The molecule has 0 aromatic heterocycles. The van der Waals surface area contributed by atoms with Crippen LogP contribution in [0.4, 0.5) is 0 Å². The minimum atomic E-state index is 0.265. The molecule has 94 valence electrons. The standard InChI is InChI=1S/C14H22N2S/c1-5-11-6-8-12(9-7-11)13(10(2)3)16-14(17)15-4/h6-10,13H,5H2,1-4H3,(H2,15,16,17)/t13-/m0/s1. The molecule has 0 saturated heterocycles. The van der Waals surface area contributed by atoms with Crippen molar-refractivity contribution in [2.45, 2.75) is 33.2 Å². The fourth-order valence-corrected chi connectivity index (χ4v) is 1.94. The summed E-state index contributed by atoms with van der Waals surface area (Å²) in [6.07, 6.45) is 1.08. The van der Waals surface area contributed by atoms with Crippen molar-refractivity contribution in [3.05, 3.63) is 35.4 Å². The van der Waals surface area contributed by atoms with Crippen molar-refractivity contribution in [1.29, 1.82) is 0 Å². The summed E-state index contributed by atoms with van der Waals surface area (Å²) >= 11 is 5.18. The first-order valence-corrected chi connectivity index (χ1v) is 6.56. The normalized spacial score (nSPS) is 12.3. The van der Waals surface area contributed by atoms with Crippen LogP contribution in [0, 0.1) is 5.92 Å². The van der Waals surface area contributed by atoms with Crippen LogP contribution in [0.15, 0.2) is 24.3 Å². The monoisotopic (exact) mass is 250 g/mol. The number of nitrogens with one attached hydrogen (secondary N) is 2. The van der Waals surface area contributed by atoms with Gasteiger partial charge in [-0.15, -0.1) is 0 Å². The molecule has 0 aliphatic heterocycles. The van der Waals surface area contributed by atoms with E-state index in [1.165, 1.54) is 11.1 Å². The predicted molar refractivity (Wildman–Crippen MR) is 78.2 cm³/mol. The van der Waals surface area contributed by atoms with E-state index in [1.54, 1.807) is 0 Å². The largest absolute Gasteiger partial charge is 0.366 e. The Bertz CT molecular complexity index is 357. The summed E-state index contributed by atoms with van der Waals surface area (Å²) < 4.78 is 0. The zero-order valence-corrected chi connectivity index (χ0v) is 11.9. The van der Waals surface area contributed by atoms with E-state index >= 15 is 0 Å². The summed E-state index contributed by atoms with van der Waals surface area (Å²) in [5.74, 6) is 0.494. The molecule has 1 rings (SSSR count). The van der Waals surface area contributed by atoms with E-state index in [1.807, 2.05) is 7.05 Å². The predicted octanol–water partition coefficient (Wildman–Crippen LogP) is 3.04. The topological polar surface area (TPSA) is 24.1 Å².